The van der Waals surface area contributed by atoms with E-state index in [4.69, 9.17) is 0 Å². The van der Waals surface area contributed by atoms with Crippen molar-refractivity contribution in [3.63, 3.8) is 0 Å². The third-order valence-corrected chi connectivity index (χ3v) is 4.16. The standard InChI is InChI=1S/C15H21F2N3O/c16-15(17)21-14-3-1-12(2-4-14)9-19-10-13(11-19)20-7-5-18-6-8-20/h1-4,13,15,18H,5-11H2. The number of piperazine rings is 1. The molecule has 4 nitrogen and oxygen atoms in total. The number of nitrogens with one attached hydrogen (secondary N) is 1. The van der Waals surface area contributed by atoms with Crippen LogP contribution in [0.5, 0.6) is 5.75 Å². The fourth-order valence-electron chi connectivity index (χ4n) is 2.98. The van der Waals surface area contributed by atoms with Gasteiger partial charge in [0.2, 0.25) is 0 Å². The summed E-state index contributed by atoms with van der Waals surface area (Å²) in [5.74, 6) is 0.219. The van der Waals surface area contributed by atoms with Crippen molar-refractivity contribution in [2.75, 3.05) is 39.3 Å². The Hall–Kier alpha value is -1.24. The van der Waals surface area contributed by atoms with E-state index in [1.807, 2.05) is 12.1 Å². The lowest BCUT2D eigenvalue weighted by Gasteiger charge is -2.46. The summed E-state index contributed by atoms with van der Waals surface area (Å²) in [5, 5.41) is 3.37. The van der Waals surface area contributed by atoms with E-state index in [-0.39, 0.29) is 5.75 Å². The predicted octanol–water partition coefficient (Wildman–Crippen LogP) is 1.38. The van der Waals surface area contributed by atoms with Gasteiger partial charge in [0, 0.05) is 51.9 Å². The summed E-state index contributed by atoms with van der Waals surface area (Å²) in [6.45, 7) is 4.74. The SMILES string of the molecule is FC(F)Oc1ccc(CN2CC(N3CCNCC3)C2)cc1. The molecule has 116 valence electrons. The Balaban J connectivity index is 1.43. The molecule has 0 saturated carbocycles. The van der Waals surface area contributed by atoms with Gasteiger partial charge >= 0.3 is 6.61 Å². The molecule has 0 amide bonds. The van der Waals surface area contributed by atoms with Crippen LogP contribution in [0.3, 0.4) is 0 Å². The van der Waals surface area contributed by atoms with E-state index in [2.05, 4.69) is 19.9 Å². The van der Waals surface area contributed by atoms with Gasteiger partial charge in [-0.3, -0.25) is 9.80 Å². The molecule has 2 saturated heterocycles. The van der Waals surface area contributed by atoms with Crippen LogP contribution in [0.25, 0.3) is 0 Å². The number of halogens is 2. The Morgan fingerprint density at radius 2 is 1.81 bits per heavy atom. The van der Waals surface area contributed by atoms with E-state index >= 15 is 0 Å². The Morgan fingerprint density at radius 3 is 2.43 bits per heavy atom. The zero-order valence-electron chi connectivity index (χ0n) is 12.0. The van der Waals surface area contributed by atoms with Gasteiger partial charge in [0.25, 0.3) is 0 Å². The van der Waals surface area contributed by atoms with Crippen LogP contribution in [-0.4, -0.2) is 61.7 Å². The number of rotatable bonds is 5. The summed E-state index contributed by atoms with van der Waals surface area (Å²) in [5.41, 5.74) is 1.13. The van der Waals surface area contributed by atoms with Crippen molar-refractivity contribution in [2.24, 2.45) is 0 Å². The molecule has 2 aliphatic heterocycles. The number of alkyl halides is 2. The van der Waals surface area contributed by atoms with Crippen LogP contribution in [-0.2, 0) is 6.54 Å². The second-order valence-corrected chi connectivity index (χ2v) is 5.66. The van der Waals surface area contributed by atoms with Gasteiger partial charge in [-0.05, 0) is 17.7 Å². The Morgan fingerprint density at radius 1 is 1.14 bits per heavy atom. The molecule has 2 aliphatic rings. The van der Waals surface area contributed by atoms with E-state index in [0.29, 0.717) is 6.04 Å². The molecule has 3 rings (SSSR count). The summed E-state index contributed by atoms with van der Waals surface area (Å²) >= 11 is 0. The highest BCUT2D eigenvalue weighted by Gasteiger charge is 2.31. The van der Waals surface area contributed by atoms with Crippen LogP contribution < -0.4 is 10.1 Å². The smallest absolute Gasteiger partial charge is 0.387 e. The third kappa shape index (κ3) is 3.90. The molecular formula is C15H21F2N3O. The Labute approximate surface area is 123 Å². The first-order valence-corrected chi connectivity index (χ1v) is 7.41. The van der Waals surface area contributed by atoms with Crippen molar-refractivity contribution in [2.45, 2.75) is 19.2 Å². The summed E-state index contributed by atoms with van der Waals surface area (Å²) in [4.78, 5) is 4.93. The zero-order chi connectivity index (χ0) is 14.7. The summed E-state index contributed by atoms with van der Waals surface area (Å²) in [6, 6.07) is 7.60. The summed E-state index contributed by atoms with van der Waals surface area (Å²) in [7, 11) is 0. The number of nitrogens with zero attached hydrogens (tertiary/aromatic N) is 2. The number of hydrogen-bond donors (Lipinski definition) is 1. The number of likely N-dealkylation sites (tertiary alicyclic amines) is 1. The van der Waals surface area contributed by atoms with Crippen LogP contribution in [0.15, 0.2) is 24.3 Å². The van der Waals surface area contributed by atoms with Crippen LogP contribution in [0.4, 0.5) is 8.78 Å². The van der Waals surface area contributed by atoms with E-state index in [1.165, 1.54) is 0 Å². The fourth-order valence-corrected chi connectivity index (χ4v) is 2.98. The molecule has 1 N–H and O–H groups in total. The van der Waals surface area contributed by atoms with Crippen molar-refractivity contribution in [3.8, 4) is 5.75 Å². The van der Waals surface area contributed by atoms with Gasteiger partial charge in [-0.25, -0.2) is 0 Å². The topological polar surface area (TPSA) is 27.7 Å². The molecule has 2 heterocycles. The average molecular weight is 297 g/mol. The average Bonchev–Trinajstić information content (AvgIpc) is 2.44. The molecule has 0 spiro atoms. The lowest BCUT2D eigenvalue weighted by atomic mass is 10.0. The van der Waals surface area contributed by atoms with Crippen LogP contribution in [0, 0.1) is 0 Å². The van der Waals surface area contributed by atoms with Crippen molar-refractivity contribution >= 4 is 0 Å². The summed E-state index contributed by atoms with van der Waals surface area (Å²) < 4.78 is 28.5. The first-order chi connectivity index (χ1) is 10.2. The Kier molecular flexibility index (Phi) is 4.67. The molecule has 1 aromatic carbocycles. The van der Waals surface area contributed by atoms with Crippen molar-refractivity contribution in [1.29, 1.82) is 0 Å². The summed E-state index contributed by atoms with van der Waals surface area (Å²) in [6.07, 6.45) is 0. The van der Waals surface area contributed by atoms with Gasteiger partial charge in [-0.1, -0.05) is 12.1 Å². The van der Waals surface area contributed by atoms with Crippen molar-refractivity contribution in [1.82, 2.24) is 15.1 Å². The maximum atomic E-state index is 12.1. The number of benzene rings is 1. The monoisotopic (exact) mass is 297 g/mol. The van der Waals surface area contributed by atoms with Gasteiger partial charge in [0.05, 0.1) is 0 Å². The van der Waals surface area contributed by atoms with E-state index in [0.717, 1.165) is 51.4 Å². The molecule has 0 unspecified atom stereocenters. The number of hydrogen-bond acceptors (Lipinski definition) is 4. The van der Waals surface area contributed by atoms with Crippen LogP contribution in [0.1, 0.15) is 5.56 Å². The van der Waals surface area contributed by atoms with Gasteiger partial charge in [0.15, 0.2) is 0 Å². The minimum atomic E-state index is -2.76. The maximum absolute atomic E-state index is 12.1. The predicted molar refractivity (Wildman–Crippen MR) is 76.6 cm³/mol. The normalized spacial score (nSPS) is 21.5. The zero-order valence-corrected chi connectivity index (χ0v) is 12.0. The molecule has 1 aromatic rings. The van der Waals surface area contributed by atoms with E-state index < -0.39 is 6.61 Å². The Bertz CT molecular complexity index is 443. The van der Waals surface area contributed by atoms with Gasteiger partial charge in [0.1, 0.15) is 5.75 Å². The third-order valence-electron chi connectivity index (χ3n) is 4.16. The van der Waals surface area contributed by atoms with Crippen molar-refractivity contribution < 1.29 is 13.5 Å². The molecule has 0 radical (unpaired) electrons. The van der Waals surface area contributed by atoms with Gasteiger partial charge in [-0.15, -0.1) is 0 Å². The second-order valence-electron chi connectivity index (χ2n) is 5.66. The molecule has 0 atom stereocenters. The lowest BCUT2D eigenvalue weighted by molar-refractivity contribution is -0.0498. The van der Waals surface area contributed by atoms with Crippen molar-refractivity contribution in [3.05, 3.63) is 29.8 Å². The number of ether oxygens (including phenoxy) is 1. The molecule has 0 aliphatic carbocycles. The van der Waals surface area contributed by atoms with E-state index in [9.17, 15) is 8.78 Å². The fraction of sp³-hybridized carbons (Fsp3) is 0.600. The highest BCUT2D eigenvalue weighted by atomic mass is 19.3. The van der Waals surface area contributed by atoms with Crippen LogP contribution in [0.2, 0.25) is 0 Å². The highest BCUT2D eigenvalue weighted by Crippen LogP contribution is 2.20. The van der Waals surface area contributed by atoms with E-state index in [1.54, 1.807) is 12.1 Å². The molecule has 21 heavy (non-hydrogen) atoms. The molecule has 6 heteroatoms. The minimum Gasteiger partial charge on any atom is -0.435 e. The minimum absolute atomic E-state index is 0.219. The second kappa shape index (κ2) is 6.68. The quantitative estimate of drug-likeness (QED) is 0.888. The molecular weight excluding hydrogens is 276 g/mol. The van der Waals surface area contributed by atoms with Gasteiger partial charge < -0.3 is 10.1 Å². The maximum Gasteiger partial charge on any atom is 0.387 e. The highest BCUT2D eigenvalue weighted by molar-refractivity contribution is 5.27. The molecule has 2 fully saturated rings. The molecule has 0 aromatic heterocycles. The molecule has 0 bridgehead atoms. The van der Waals surface area contributed by atoms with Gasteiger partial charge in [-0.2, -0.15) is 8.78 Å². The lowest BCUT2D eigenvalue weighted by Crippen LogP contribution is -2.62. The first-order valence-electron chi connectivity index (χ1n) is 7.41. The van der Waals surface area contributed by atoms with Crippen LogP contribution >= 0.6 is 0 Å². The first kappa shape index (κ1) is 14.7. The largest absolute Gasteiger partial charge is 0.435 e.